The first kappa shape index (κ1) is 16.0. The number of aliphatic imine (C=N–C) groups is 1. The van der Waals surface area contributed by atoms with Gasteiger partial charge in [0.2, 0.25) is 3.79 Å². The molecule has 0 fully saturated rings. The van der Waals surface area contributed by atoms with E-state index < -0.39 is 9.89 Å². The molecule has 0 unspecified atom stereocenters. The van der Waals surface area contributed by atoms with Crippen molar-refractivity contribution in [1.82, 2.24) is 1.33 Å². The maximum Gasteiger partial charge on any atom is 0.436 e. The lowest BCUT2D eigenvalue weighted by atomic mass is 10.8. The molecule has 0 aromatic heterocycles. The van der Waals surface area contributed by atoms with Gasteiger partial charge in [0, 0.05) is 22.6 Å². The third kappa shape index (κ3) is 9.24. The van der Waals surface area contributed by atoms with E-state index in [2.05, 4.69) is 9.73 Å². The van der Waals surface area contributed by atoms with Crippen LogP contribution in [-0.4, -0.2) is 21.7 Å². The van der Waals surface area contributed by atoms with Gasteiger partial charge in [-0.3, -0.25) is 0 Å². The molecule has 0 aromatic rings. The largest absolute Gasteiger partial charge is 0.443 e. The Balaban J connectivity index is 4.06. The number of alkyl halides is 3. The fourth-order valence-electron chi connectivity index (χ4n) is 0.289. The zero-order chi connectivity index (χ0) is 11.4. The number of hydrogen-bond acceptors (Lipinski definition) is 2. The van der Waals surface area contributed by atoms with Gasteiger partial charge in [-0.1, -0.05) is 34.8 Å². The molecule has 0 saturated carbocycles. The first-order valence-corrected chi connectivity index (χ1v) is 6.96. The van der Waals surface area contributed by atoms with Gasteiger partial charge in [-0.05, 0) is 0 Å². The normalized spacial score (nSPS) is 12.6. The van der Waals surface area contributed by atoms with E-state index >= 15 is 0 Å². The van der Waals surface area contributed by atoms with Crippen molar-refractivity contribution in [2.45, 2.75) is 3.79 Å². The minimum Gasteiger partial charge on any atom is -0.443 e. The lowest BCUT2D eigenvalue weighted by molar-refractivity contribution is 0.159. The summed E-state index contributed by atoms with van der Waals surface area (Å²) < 4.78 is 5.01. The molecule has 10 heteroatoms. The number of rotatable bonds is 1. The number of amidine groups is 1. The molecular formula is C4H2Cl3I3N2O2. The van der Waals surface area contributed by atoms with Crippen molar-refractivity contribution in [2.24, 2.45) is 4.99 Å². The van der Waals surface area contributed by atoms with Crippen molar-refractivity contribution in [1.29, 1.82) is 0 Å². The summed E-state index contributed by atoms with van der Waals surface area (Å²) in [4.78, 5) is 14.5. The average molecular weight is 597 g/mol. The van der Waals surface area contributed by atoms with Gasteiger partial charge in [-0.25, -0.2) is 6.12 Å². The molecule has 0 radical (unpaired) electrons. The number of halogens is 6. The van der Waals surface area contributed by atoms with Crippen LogP contribution in [0.4, 0.5) is 4.79 Å². The highest BCUT2D eigenvalue weighted by atomic mass is 127. The standard InChI is InChI=1S/C4H2Cl3I3N2O2/c5-4(6,7)1-14-3(13)11-2(8)12(9)10/h1H2. The molecule has 0 aromatic carbocycles. The highest BCUT2D eigenvalue weighted by Crippen LogP contribution is 2.26. The van der Waals surface area contributed by atoms with E-state index in [0.717, 1.165) is 0 Å². The van der Waals surface area contributed by atoms with Gasteiger partial charge in [-0.15, -0.1) is 0 Å². The van der Waals surface area contributed by atoms with Crippen LogP contribution in [0.2, 0.25) is 0 Å². The third-order valence-corrected chi connectivity index (χ3v) is 4.49. The van der Waals surface area contributed by atoms with Gasteiger partial charge in [0.05, 0.1) is 45.7 Å². The number of carbonyl (C=O) groups excluding carboxylic acids is 1. The Morgan fingerprint density at radius 3 is 2.29 bits per heavy atom. The SMILES string of the molecule is O=C(N=C(I)N(I)I)OCC(Cl)(Cl)Cl. The number of carbonyl (C=O) groups is 1. The smallest absolute Gasteiger partial charge is 0.436 e. The molecule has 0 saturated heterocycles. The first-order chi connectivity index (χ1) is 6.22. The van der Waals surface area contributed by atoms with Crippen LogP contribution >= 0.6 is 103 Å². The Morgan fingerprint density at radius 1 is 1.43 bits per heavy atom. The molecule has 0 bridgehead atoms. The topological polar surface area (TPSA) is 41.9 Å². The monoisotopic (exact) mass is 596 g/mol. The second kappa shape index (κ2) is 7.35. The van der Waals surface area contributed by atoms with Crippen molar-refractivity contribution < 1.29 is 9.53 Å². The molecule has 0 N–H and O–H groups in total. The van der Waals surface area contributed by atoms with Gasteiger partial charge in [0.1, 0.15) is 6.61 Å². The number of nitrogens with zero attached hydrogens (tertiary/aromatic N) is 2. The molecule has 1 amide bonds. The van der Waals surface area contributed by atoms with Crippen molar-refractivity contribution in [3.63, 3.8) is 0 Å². The molecular weight excluding hydrogens is 595 g/mol. The minimum atomic E-state index is -1.61. The van der Waals surface area contributed by atoms with E-state index in [1.807, 2.05) is 68.3 Å². The Kier molecular flexibility index (Phi) is 8.40. The van der Waals surface area contributed by atoms with E-state index in [4.69, 9.17) is 34.8 Å². The van der Waals surface area contributed by atoms with Crippen LogP contribution in [0, 0.1) is 0 Å². The Bertz CT molecular complexity index is 242. The second-order valence-electron chi connectivity index (χ2n) is 1.78. The maximum atomic E-state index is 11.0. The van der Waals surface area contributed by atoms with Gasteiger partial charge >= 0.3 is 6.09 Å². The quantitative estimate of drug-likeness (QED) is 0.113. The molecule has 14 heavy (non-hydrogen) atoms. The van der Waals surface area contributed by atoms with Gasteiger partial charge in [0.15, 0.2) is 3.84 Å². The molecule has 82 valence electrons. The molecule has 0 spiro atoms. The molecule has 0 heterocycles. The van der Waals surface area contributed by atoms with E-state index in [1.165, 1.54) is 0 Å². The van der Waals surface area contributed by atoms with Gasteiger partial charge in [-0.2, -0.15) is 4.99 Å². The van der Waals surface area contributed by atoms with Crippen LogP contribution in [0.15, 0.2) is 4.99 Å². The fraction of sp³-hybridized carbons (Fsp3) is 0.500. The number of hydrogen-bond donors (Lipinski definition) is 0. The maximum absolute atomic E-state index is 11.0. The number of amides is 1. The summed E-state index contributed by atoms with van der Waals surface area (Å²) in [5, 5.41) is 0. The summed E-state index contributed by atoms with van der Waals surface area (Å²) in [7, 11) is 0. The number of ether oxygens (including phenoxy) is 1. The van der Waals surface area contributed by atoms with Crippen LogP contribution in [0.1, 0.15) is 0 Å². The predicted molar refractivity (Wildman–Crippen MR) is 83.0 cm³/mol. The summed E-state index contributed by atoms with van der Waals surface area (Å²) in [5.41, 5.74) is 0. The van der Waals surface area contributed by atoms with E-state index in [-0.39, 0.29) is 6.61 Å². The highest BCUT2D eigenvalue weighted by Gasteiger charge is 2.22. The van der Waals surface area contributed by atoms with Gasteiger partial charge < -0.3 is 4.74 Å². The summed E-state index contributed by atoms with van der Waals surface area (Å²) in [6, 6.07) is 0. The molecule has 0 rings (SSSR count). The van der Waals surface area contributed by atoms with Crippen molar-refractivity contribution >= 4 is 113 Å². The Hall–Kier alpha value is 2.00. The minimum absolute atomic E-state index is 0.327. The van der Waals surface area contributed by atoms with Crippen LogP contribution in [0.25, 0.3) is 0 Å². The van der Waals surface area contributed by atoms with Crippen molar-refractivity contribution in [3.05, 3.63) is 0 Å². The lowest BCUT2D eigenvalue weighted by Gasteiger charge is -2.09. The Labute approximate surface area is 137 Å². The van der Waals surface area contributed by atoms with Crippen LogP contribution in [-0.2, 0) is 4.74 Å². The zero-order valence-electron chi connectivity index (χ0n) is 6.19. The summed E-state index contributed by atoms with van der Waals surface area (Å²) in [6.45, 7) is -0.327. The van der Waals surface area contributed by atoms with E-state index in [9.17, 15) is 4.79 Å². The summed E-state index contributed by atoms with van der Waals surface area (Å²) in [5.74, 6) is 0. The summed E-state index contributed by atoms with van der Waals surface area (Å²) >= 11 is 21.9. The lowest BCUT2D eigenvalue weighted by Crippen LogP contribution is -2.16. The van der Waals surface area contributed by atoms with Crippen molar-refractivity contribution in [3.8, 4) is 0 Å². The molecule has 4 nitrogen and oxygen atoms in total. The third-order valence-electron chi connectivity index (χ3n) is 0.682. The Morgan fingerprint density at radius 2 is 1.93 bits per heavy atom. The van der Waals surface area contributed by atoms with Crippen LogP contribution in [0.5, 0.6) is 0 Å². The molecule has 0 aliphatic carbocycles. The second-order valence-corrected chi connectivity index (χ2v) is 9.04. The van der Waals surface area contributed by atoms with E-state index in [1.54, 1.807) is 1.33 Å². The zero-order valence-corrected chi connectivity index (χ0v) is 14.9. The molecule has 0 atom stereocenters. The highest BCUT2D eigenvalue weighted by molar-refractivity contribution is 14.2. The van der Waals surface area contributed by atoms with E-state index in [0.29, 0.717) is 3.84 Å². The predicted octanol–water partition coefficient (Wildman–Crippen LogP) is 4.29. The summed E-state index contributed by atoms with van der Waals surface area (Å²) in [6.07, 6.45) is -0.793. The van der Waals surface area contributed by atoms with Crippen LogP contribution in [0.3, 0.4) is 0 Å². The first-order valence-electron chi connectivity index (χ1n) is 2.82. The van der Waals surface area contributed by atoms with Crippen LogP contribution < -0.4 is 0 Å². The average Bonchev–Trinajstić information content (AvgIpc) is 1.99. The van der Waals surface area contributed by atoms with Gasteiger partial charge in [0.25, 0.3) is 0 Å². The van der Waals surface area contributed by atoms with Crippen molar-refractivity contribution in [2.75, 3.05) is 6.61 Å². The molecule has 0 aliphatic heterocycles. The molecule has 0 aliphatic rings. The fourth-order valence-corrected chi connectivity index (χ4v) is 0.865.